The van der Waals surface area contributed by atoms with Crippen molar-refractivity contribution in [2.75, 3.05) is 30.4 Å². The van der Waals surface area contributed by atoms with Crippen LogP contribution in [0.1, 0.15) is 27.2 Å². The molecule has 0 saturated carbocycles. The van der Waals surface area contributed by atoms with Gasteiger partial charge >= 0.3 is 0 Å². The van der Waals surface area contributed by atoms with Crippen molar-refractivity contribution >= 4 is 25.8 Å². The maximum Gasteiger partial charge on any atom is 0.151 e. The third-order valence-corrected chi connectivity index (χ3v) is 5.82. The van der Waals surface area contributed by atoms with Gasteiger partial charge in [-0.25, -0.2) is 8.42 Å². The molecule has 0 N–H and O–H groups in total. The van der Waals surface area contributed by atoms with E-state index in [0.717, 1.165) is 5.33 Å². The largest absolute Gasteiger partial charge is 0.299 e. The fraction of sp³-hybridized carbons (Fsp3) is 1.00. The lowest BCUT2D eigenvalue weighted by molar-refractivity contribution is 0.192. The van der Waals surface area contributed by atoms with Gasteiger partial charge in [0.15, 0.2) is 9.84 Å². The lowest BCUT2D eigenvalue weighted by Crippen LogP contribution is -2.44. The molecule has 0 aliphatic heterocycles. The first kappa shape index (κ1) is 15.4. The number of sulfone groups is 1. The van der Waals surface area contributed by atoms with Crippen molar-refractivity contribution in [1.29, 1.82) is 0 Å². The Morgan fingerprint density at radius 3 is 2.20 bits per heavy atom. The second-order valence-electron chi connectivity index (χ2n) is 4.52. The summed E-state index contributed by atoms with van der Waals surface area (Å²) in [4.78, 5) is 2.08. The van der Waals surface area contributed by atoms with Crippen LogP contribution >= 0.6 is 15.9 Å². The molecule has 0 amide bonds. The third kappa shape index (κ3) is 5.88. The standard InChI is InChI=1S/C10H22BrNO2S/c1-5-7-15(13,14)8-6-12(4)10(2,3)9-11/h5-9H2,1-4H3. The van der Waals surface area contributed by atoms with Gasteiger partial charge in [-0.15, -0.1) is 0 Å². The lowest BCUT2D eigenvalue weighted by atomic mass is 10.1. The molecule has 0 heterocycles. The SMILES string of the molecule is CCCS(=O)(=O)CCN(C)C(C)(C)CBr. The van der Waals surface area contributed by atoms with E-state index in [9.17, 15) is 8.42 Å². The van der Waals surface area contributed by atoms with Gasteiger partial charge in [-0.3, -0.25) is 4.90 Å². The first-order chi connectivity index (χ1) is 6.75. The van der Waals surface area contributed by atoms with E-state index in [0.29, 0.717) is 18.7 Å². The molecule has 0 aliphatic carbocycles. The highest BCUT2D eigenvalue weighted by atomic mass is 79.9. The van der Waals surface area contributed by atoms with E-state index in [1.165, 1.54) is 0 Å². The van der Waals surface area contributed by atoms with Crippen molar-refractivity contribution in [2.24, 2.45) is 0 Å². The zero-order valence-electron chi connectivity index (χ0n) is 10.1. The van der Waals surface area contributed by atoms with E-state index >= 15 is 0 Å². The summed E-state index contributed by atoms with van der Waals surface area (Å²) < 4.78 is 23.0. The van der Waals surface area contributed by atoms with Gasteiger partial charge in [0.2, 0.25) is 0 Å². The molecule has 5 heteroatoms. The van der Waals surface area contributed by atoms with Crippen molar-refractivity contribution in [3.63, 3.8) is 0 Å². The fourth-order valence-corrected chi connectivity index (χ4v) is 2.90. The van der Waals surface area contributed by atoms with Crippen molar-refractivity contribution < 1.29 is 8.42 Å². The van der Waals surface area contributed by atoms with Gasteiger partial charge in [0.1, 0.15) is 0 Å². The summed E-state index contributed by atoms with van der Waals surface area (Å²) >= 11 is 3.43. The van der Waals surface area contributed by atoms with Crippen LogP contribution in [0.25, 0.3) is 0 Å². The van der Waals surface area contributed by atoms with Crippen LogP contribution in [0, 0.1) is 0 Å². The predicted molar refractivity (Wildman–Crippen MR) is 69.4 cm³/mol. The molecule has 0 aliphatic rings. The monoisotopic (exact) mass is 299 g/mol. The van der Waals surface area contributed by atoms with Crippen LogP contribution in [0.4, 0.5) is 0 Å². The van der Waals surface area contributed by atoms with Crippen LogP contribution in [0.5, 0.6) is 0 Å². The molecule has 0 radical (unpaired) electrons. The molecule has 0 aromatic rings. The first-order valence-corrected chi connectivity index (χ1v) is 8.17. The molecule has 0 saturated heterocycles. The van der Waals surface area contributed by atoms with Gasteiger partial charge in [0.05, 0.1) is 5.75 Å². The van der Waals surface area contributed by atoms with Crippen LogP contribution in [0.15, 0.2) is 0 Å². The number of hydrogen-bond donors (Lipinski definition) is 0. The van der Waals surface area contributed by atoms with E-state index in [1.54, 1.807) is 0 Å². The van der Waals surface area contributed by atoms with Gasteiger partial charge in [-0.2, -0.15) is 0 Å². The number of hydrogen-bond acceptors (Lipinski definition) is 3. The second-order valence-corrected chi connectivity index (χ2v) is 7.38. The minimum atomic E-state index is -2.85. The van der Waals surface area contributed by atoms with Gasteiger partial charge in [-0.05, 0) is 27.3 Å². The third-order valence-electron chi connectivity index (χ3n) is 2.61. The molecule has 0 spiro atoms. The van der Waals surface area contributed by atoms with E-state index in [2.05, 4.69) is 34.7 Å². The fourth-order valence-electron chi connectivity index (χ4n) is 1.09. The summed E-state index contributed by atoms with van der Waals surface area (Å²) in [7, 11) is -0.891. The van der Waals surface area contributed by atoms with Gasteiger partial charge in [0.25, 0.3) is 0 Å². The normalized spacial score (nSPS) is 13.5. The summed E-state index contributed by atoms with van der Waals surface area (Å²) in [6, 6.07) is 0. The minimum absolute atomic E-state index is 0.00172. The average molecular weight is 300 g/mol. The smallest absolute Gasteiger partial charge is 0.151 e. The molecule has 0 fully saturated rings. The van der Waals surface area contributed by atoms with E-state index < -0.39 is 9.84 Å². The molecule has 3 nitrogen and oxygen atoms in total. The van der Waals surface area contributed by atoms with Crippen molar-refractivity contribution in [3.05, 3.63) is 0 Å². The maximum absolute atomic E-state index is 11.5. The summed E-state index contributed by atoms with van der Waals surface area (Å²) in [5.74, 6) is 0.559. The van der Waals surface area contributed by atoms with E-state index in [1.807, 2.05) is 14.0 Å². The van der Waals surface area contributed by atoms with Crippen molar-refractivity contribution in [1.82, 2.24) is 4.90 Å². The Kier molecular flexibility index (Phi) is 6.37. The summed E-state index contributed by atoms with van der Waals surface area (Å²) in [6.45, 7) is 6.67. The van der Waals surface area contributed by atoms with Crippen molar-refractivity contribution in [3.8, 4) is 0 Å². The van der Waals surface area contributed by atoms with Crippen LogP contribution in [0.2, 0.25) is 0 Å². The van der Waals surface area contributed by atoms with Crippen LogP contribution in [-0.4, -0.2) is 49.3 Å². The Balaban J connectivity index is 4.17. The summed E-state index contributed by atoms with van der Waals surface area (Å²) in [6.07, 6.45) is 0.702. The first-order valence-electron chi connectivity index (χ1n) is 5.23. The van der Waals surface area contributed by atoms with Crippen LogP contribution in [0.3, 0.4) is 0 Å². The topological polar surface area (TPSA) is 37.4 Å². The Hall–Kier alpha value is 0.390. The Labute approximate surface area is 102 Å². The number of alkyl halides is 1. The summed E-state index contributed by atoms with van der Waals surface area (Å²) in [5, 5.41) is 0.838. The quantitative estimate of drug-likeness (QED) is 0.674. The highest BCUT2D eigenvalue weighted by Gasteiger charge is 2.23. The zero-order valence-corrected chi connectivity index (χ0v) is 12.5. The Morgan fingerprint density at radius 1 is 1.27 bits per heavy atom. The zero-order chi connectivity index (χ0) is 12.1. The molecular formula is C10H22BrNO2S. The minimum Gasteiger partial charge on any atom is -0.299 e. The molecule has 0 aromatic heterocycles. The van der Waals surface area contributed by atoms with Gasteiger partial charge < -0.3 is 0 Å². The van der Waals surface area contributed by atoms with Crippen molar-refractivity contribution in [2.45, 2.75) is 32.7 Å². The predicted octanol–water partition coefficient (Wildman–Crippen LogP) is 1.92. The highest BCUT2D eigenvalue weighted by molar-refractivity contribution is 9.09. The molecule has 0 atom stereocenters. The average Bonchev–Trinajstić information content (AvgIpc) is 2.14. The van der Waals surface area contributed by atoms with Gasteiger partial charge in [0, 0.05) is 23.2 Å². The molecular weight excluding hydrogens is 278 g/mol. The molecule has 0 aromatic carbocycles. The molecule has 15 heavy (non-hydrogen) atoms. The van der Waals surface area contributed by atoms with Crippen LogP contribution < -0.4 is 0 Å². The number of rotatable bonds is 7. The van der Waals surface area contributed by atoms with Gasteiger partial charge in [-0.1, -0.05) is 22.9 Å². The Morgan fingerprint density at radius 2 is 1.80 bits per heavy atom. The van der Waals surface area contributed by atoms with Crippen LogP contribution in [-0.2, 0) is 9.84 Å². The number of nitrogens with zero attached hydrogens (tertiary/aromatic N) is 1. The Bertz CT molecular complexity index is 275. The number of halogens is 1. The molecule has 92 valence electrons. The molecule has 0 bridgehead atoms. The van der Waals surface area contributed by atoms with E-state index in [4.69, 9.17) is 0 Å². The summed E-state index contributed by atoms with van der Waals surface area (Å²) in [5.41, 5.74) is 0.00172. The maximum atomic E-state index is 11.5. The molecule has 0 unspecified atom stereocenters. The highest BCUT2D eigenvalue weighted by Crippen LogP contribution is 2.14. The van der Waals surface area contributed by atoms with E-state index in [-0.39, 0.29) is 11.3 Å². The second kappa shape index (κ2) is 6.21. The lowest BCUT2D eigenvalue weighted by Gasteiger charge is -2.33. The molecule has 0 rings (SSSR count).